The van der Waals surface area contributed by atoms with Gasteiger partial charge in [0.1, 0.15) is 0 Å². The third kappa shape index (κ3) is 23.7. The van der Waals surface area contributed by atoms with Crippen molar-refractivity contribution in [3.63, 3.8) is 0 Å². The van der Waals surface area contributed by atoms with E-state index in [0.29, 0.717) is 6.42 Å². The SMILES string of the molecule is CCCCCCCCC/C=C/CCCCCCCCCCCC(=O)Cl. The van der Waals surface area contributed by atoms with Gasteiger partial charge in [-0.1, -0.05) is 103 Å². The summed E-state index contributed by atoms with van der Waals surface area (Å²) in [7, 11) is 0. The number of unbranched alkanes of at least 4 members (excludes halogenated alkanes) is 16. The molecule has 0 heterocycles. The molecule has 0 rings (SSSR count). The molecule has 0 spiro atoms. The average molecular weight is 371 g/mol. The van der Waals surface area contributed by atoms with Crippen LogP contribution in [-0.2, 0) is 4.79 Å². The third-order valence-corrected chi connectivity index (χ3v) is 5.07. The quantitative estimate of drug-likeness (QED) is 0.119. The highest BCUT2D eigenvalue weighted by Gasteiger charge is 1.96. The summed E-state index contributed by atoms with van der Waals surface area (Å²) in [6.07, 6.45) is 29.3. The Bertz CT molecular complexity index is 298. The average Bonchev–Trinajstić information content (AvgIpc) is 2.60. The first-order valence-electron chi connectivity index (χ1n) is 11.1. The van der Waals surface area contributed by atoms with E-state index in [2.05, 4.69) is 19.1 Å². The Labute approximate surface area is 163 Å². The van der Waals surface area contributed by atoms with Crippen molar-refractivity contribution in [2.24, 2.45) is 0 Å². The van der Waals surface area contributed by atoms with Gasteiger partial charge >= 0.3 is 0 Å². The molecule has 0 aromatic rings. The van der Waals surface area contributed by atoms with Crippen molar-refractivity contribution in [3.05, 3.63) is 12.2 Å². The summed E-state index contributed by atoms with van der Waals surface area (Å²) in [5, 5.41) is -0.184. The minimum atomic E-state index is -0.184. The van der Waals surface area contributed by atoms with Gasteiger partial charge in [0.05, 0.1) is 0 Å². The van der Waals surface area contributed by atoms with Gasteiger partial charge in [-0.25, -0.2) is 0 Å². The van der Waals surface area contributed by atoms with Gasteiger partial charge in [0.25, 0.3) is 0 Å². The highest BCUT2D eigenvalue weighted by atomic mass is 35.5. The predicted octanol–water partition coefficient (Wildman–Crippen LogP) is 8.74. The molecule has 0 atom stereocenters. The maximum absolute atomic E-state index is 10.6. The molecule has 0 saturated carbocycles. The first-order valence-corrected chi connectivity index (χ1v) is 11.5. The molecule has 1 nitrogen and oxygen atoms in total. The maximum atomic E-state index is 10.6. The van der Waals surface area contributed by atoms with Crippen molar-refractivity contribution in [2.45, 2.75) is 129 Å². The Kier molecular flexibility index (Phi) is 21.5. The Morgan fingerprint density at radius 2 is 0.960 bits per heavy atom. The number of carbonyl (C=O) groups is 1. The van der Waals surface area contributed by atoms with Crippen molar-refractivity contribution in [1.82, 2.24) is 0 Å². The fourth-order valence-electron chi connectivity index (χ4n) is 3.22. The van der Waals surface area contributed by atoms with Crippen molar-refractivity contribution in [3.8, 4) is 0 Å². The smallest absolute Gasteiger partial charge is 0.221 e. The lowest BCUT2D eigenvalue weighted by molar-refractivity contribution is -0.111. The van der Waals surface area contributed by atoms with Crippen molar-refractivity contribution in [1.29, 1.82) is 0 Å². The minimum Gasteiger partial charge on any atom is -0.281 e. The van der Waals surface area contributed by atoms with Crippen LogP contribution >= 0.6 is 11.6 Å². The lowest BCUT2D eigenvalue weighted by Crippen LogP contribution is -1.86. The van der Waals surface area contributed by atoms with Crippen LogP contribution in [0.4, 0.5) is 0 Å². The molecule has 0 aromatic carbocycles. The second kappa shape index (κ2) is 21.7. The molecule has 0 bridgehead atoms. The van der Waals surface area contributed by atoms with Gasteiger partial charge in [0.15, 0.2) is 0 Å². The Balaban J connectivity index is 3.07. The maximum Gasteiger partial charge on any atom is 0.221 e. The molecule has 148 valence electrons. The molecule has 0 saturated heterocycles. The number of allylic oxidation sites excluding steroid dienone is 2. The fraction of sp³-hybridized carbons (Fsp3) is 0.870. The van der Waals surface area contributed by atoms with E-state index >= 15 is 0 Å². The van der Waals surface area contributed by atoms with Gasteiger partial charge in [-0.05, 0) is 43.7 Å². The van der Waals surface area contributed by atoms with Gasteiger partial charge in [0, 0.05) is 6.42 Å². The normalized spacial score (nSPS) is 11.4. The van der Waals surface area contributed by atoms with E-state index in [-0.39, 0.29) is 5.24 Å². The van der Waals surface area contributed by atoms with Crippen LogP contribution in [0.5, 0.6) is 0 Å². The zero-order valence-electron chi connectivity index (χ0n) is 16.9. The molecule has 0 radical (unpaired) electrons. The summed E-state index contributed by atoms with van der Waals surface area (Å²) in [6.45, 7) is 2.28. The van der Waals surface area contributed by atoms with Crippen LogP contribution in [0.3, 0.4) is 0 Å². The van der Waals surface area contributed by atoms with E-state index in [1.807, 2.05) is 0 Å². The van der Waals surface area contributed by atoms with Gasteiger partial charge in [-0.2, -0.15) is 0 Å². The lowest BCUT2D eigenvalue weighted by atomic mass is 10.1. The third-order valence-electron chi connectivity index (χ3n) is 4.89. The number of hydrogen-bond acceptors (Lipinski definition) is 1. The molecular weight excluding hydrogens is 328 g/mol. The summed E-state index contributed by atoms with van der Waals surface area (Å²) in [5.41, 5.74) is 0. The van der Waals surface area contributed by atoms with Crippen LogP contribution in [0.25, 0.3) is 0 Å². The van der Waals surface area contributed by atoms with E-state index in [9.17, 15) is 4.79 Å². The fourth-order valence-corrected chi connectivity index (χ4v) is 3.35. The van der Waals surface area contributed by atoms with Gasteiger partial charge in [-0.15, -0.1) is 0 Å². The molecule has 0 aliphatic heterocycles. The van der Waals surface area contributed by atoms with E-state index < -0.39 is 0 Å². The predicted molar refractivity (Wildman–Crippen MR) is 113 cm³/mol. The van der Waals surface area contributed by atoms with Crippen LogP contribution in [0.2, 0.25) is 0 Å². The summed E-state index contributed by atoms with van der Waals surface area (Å²) >= 11 is 5.32. The van der Waals surface area contributed by atoms with Crippen LogP contribution in [0, 0.1) is 0 Å². The molecule has 0 unspecified atom stereocenters. The molecule has 0 aliphatic rings. The van der Waals surface area contributed by atoms with Gasteiger partial charge < -0.3 is 0 Å². The summed E-state index contributed by atoms with van der Waals surface area (Å²) in [4.78, 5) is 10.6. The van der Waals surface area contributed by atoms with E-state index in [1.165, 1.54) is 103 Å². The highest BCUT2D eigenvalue weighted by Crippen LogP contribution is 2.12. The van der Waals surface area contributed by atoms with Crippen LogP contribution < -0.4 is 0 Å². The minimum absolute atomic E-state index is 0.184. The standard InChI is InChI=1S/C23H43ClO/c1-2-3-4-5-6-7-8-9-10-11-12-13-14-15-16-17-18-19-20-21-22-23(24)25/h10-11H,2-9,12-22H2,1H3/b11-10+. The molecule has 0 fully saturated rings. The van der Waals surface area contributed by atoms with Crippen molar-refractivity contribution < 1.29 is 4.79 Å². The lowest BCUT2D eigenvalue weighted by Gasteiger charge is -2.01. The van der Waals surface area contributed by atoms with E-state index in [0.717, 1.165) is 12.8 Å². The van der Waals surface area contributed by atoms with Crippen molar-refractivity contribution >= 4 is 16.8 Å². The monoisotopic (exact) mass is 370 g/mol. The zero-order valence-corrected chi connectivity index (χ0v) is 17.6. The number of carbonyl (C=O) groups excluding carboxylic acids is 1. The number of rotatable bonds is 20. The number of hydrogen-bond donors (Lipinski definition) is 0. The Hall–Kier alpha value is -0.300. The first kappa shape index (κ1) is 24.7. The summed E-state index contributed by atoms with van der Waals surface area (Å²) < 4.78 is 0. The molecule has 0 amide bonds. The Morgan fingerprint density at radius 3 is 1.36 bits per heavy atom. The topological polar surface area (TPSA) is 17.1 Å². The van der Waals surface area contributed by atoms with Crippen molar-refractivity contribution in [2.75, 3.05) is 0 Å². The second-order valence-electron chi connectivity index (χ2n) is 7.46. The van der Waals surface area contributed by atoms with Crippen LogP contribution in [0.15, 0.2) is 12.2 Å². The summed E-state index contributed by atoms with van der Waals surface area (Å²) in [6, 6.07) is 0. The van der Waals surface area contributed by atoms with E-state index in [1.54, 1.807) is 0 Å². The summed E-state index contributed by atoms with van der Waals surface area (Å²) in [5.74, 6) is 0. The number of halogens is 1. The zero-order chi connectivity index (χ0) is 18.4. The molecular formula is C23H43ClO. The van der Waals surface area contributed by atoms with E-state index in [4.69, 9.17) is 11.6 Å². The van der Waals surface area contributed by atoms with Gasteiger partial charge in [-0.3, -0.25) is 4.79 Å². The molecule has 0 N–H and O–H groups in total. The highest BCUT2D eigenvalue weighted by molar-refractivity contribution is 6.63. The Morgan fingerprint density at radius 1 is 0.600 bits per heavy atom. The van der Waals surface area contributed by atoms with Crippen LogP contribution in [0.1, 0.15) is 129 Å². The molecule has 0 aromatic heterocycles. The van der Waals surface area contributed by atoms with Crippen LogP contribution in [-0.4, -0.2) is 5.24 Å². The molecule has 25 heavy (non-hydrogen) atoms. The van der Waals surface area contributed by atoms with Gasteiger partial charge in [0.2, 0.25) is 5.24 Å². The largest absolute Gasteiger partial charge is 0.281 e. The molecule has 0 aliphatic carbocycles. The second-order valence-corrected chi connectivity index (χ2v) is 7.88. The first-order chi connectivity index (χ1) is 12.3. The molecule has 2 heteroatoms.